The van der Waals surface area contributed by atoms with E-state index in [1.165, 1.54) is 25.9 Å². The predicted molar refractivity (Wildman–Crippen MR) is 85.7 cm³/mol. The van der Waals surface area contributed by atoms with Gasteiger partial charge < -0.3 is 21.2 Å². The molecule has 1 fully saturated rings. The molecule has 5 nitrogen and oxygen atoms in total. The van der Waals surface area contributed by atoms with E-state index in [0.29, 0.717) is 12.6 Å². The Hall–Kier alpha value is -1.59. The molecule has 0 aliphatic carbocycles. The van der Waals surface area contributed by atoms with Gasteiger partial charge in [0.25, 0.3) is 0 Å². The average Bonchev–Trinajstić information content (AvgIpc) is 3.01. The second kappa shape index (κ2) is 8.00. The molecule has 116 valence electrons. The van der Waals surface area contributed by atoms with E-state index in [2.05, 4.69) is 22.3 Å². The van der Waals surface area contributed by atoms with E-state index in [-0.39, 0.29) is 11.8 Å². The summed E-state index contributed by atoms with van der Waals surface area (Å²) < 4.78 is 0. The summed E-state index contributed by atoms with van der Waals surface area (Å²) >= 11 is 0. The van der Waals surface area contributed by atoms with Crippen molar-refractivity contribution in [1.82, 2.24) is 10.2 Å². The van der Waals surface area contributed by atoms with Crippen LogP contribution in [0, 0.1) is 0 Å². The molecule has 2 atom stereocenters. The molecule has 4 N–H and O–H groups in total. The van der Waals surface area contributed by atoms with Crippen LogP contribution in [-0.4, -0.2) is 48.2 Å². The van der Waals surface area contributed by atoms with Crippen molar-refractivity contribution in [2.75, 3.05) is 26.2 Å². The summed E-state index contributed by atoms with van der Waals surface area (Å²) in [7, 11) is 0. The second-order valence-electron chi connectivity index (χ2n) is 5.81. The summed E-state index contributed by atoms with van der Waals surface area (Å²) in [6, 6.07) is 10.3. The highest BCUT2D eigenvalue weighted by molar-refractivity contribution is 5.87. The molecule has 1 aromatic rings. The Morgan fingerprint density at radius 2 is 2.00 bits per heavy atom. The van der Waals surface area contributed by atoms with Crippen LogP contribution in [0.4, 0.5) is 0 Å². The molecule has 1 aromatic carbocycles. The minimum atomic E-state index is -0.0998. The van der Waals surface area contributed by atoms with E-state index in [9.17, 15) is 0 Å². The van der Waals surface area contributed by atoms with Gasteiger partial charge in [0.05, 0.1) is 5.92 Å². The second-order valence-corrected chi connectivity index (χ2v) is 5.81. The van der Waals surface area contributed by atoms with Crippen LogP contribution in [0.15, 0.2) is 35.5 Å². The third-order valence-electron chi connectivity index (χ3n) is 4.08. The maximum absolute atomic E-state index is 8.99. The molecule has 0 spiro atoms. The first-order chi connectivity index (χ1) is 10.2. The molecule has 0 saturated carbocycles. The molecule has 1 aliphatic heterocycles. The van der Waals surface area contributed by atoms with Crippen molar-refractivity contribution in [2.45, 2.75) is 31.7 Å². The zero-order valence-corrected chi connectivity index (χ0v) is 12.7. The van der Waals surface area contributed by atoms with E-state index >= 15 is 0 Å². The molecule has 0 amide bonds. The number of nitrogens with two attached hydrogens (primary N) is 1. The third kappa shape index (κ3) is 4.72. The van der Waals surface area contributed by atoms with Crippen LogP contribution in [0.3, 0.4) is 0 Å². The standard InChI is InChI=1S/C16H26N4O/c1-13(12-20-9-5-6-10-20)18-11-15(16(17)19-21)14-7-3-2-4-8-14/h2-4,7-8,13,15,18,21H,5-6,9-12H2,1H3,(H2,17,19). The highest BCUT2D eigenvalue weighted by Crippen LogP contribution is 2.15. The molecule has 1 heterocycles. The minimum Gasteiger partial charge on any atom is -0.409 e. The van der Waals surface area contributed by atoms with Crippen LogP contribution < -0.4 is 11.1 Å². The summed E-state index contributed by atoms with van der Waals surface area (Å²) in [5, 5.41) is 15.7. The predicted octanol–water partition coefficient (Wildman–Crippen LogP) is 1.59. The van der Waals surface area contributed by atoms with Crippen LogP contribution >= 0.6 is 0 Å². The highest BCUT2D eigenvalue weighted by Gasteiger charge is 2.19. The lowest BCUT2D eigenvalue weighted by Crippen LogP contribution is -2.41. The average molecular weight is 290 g/mol. The topological polar surface area (TPSA) is 73.9 Å². The number of rotatable bonds is 7. The molecule has 2 unspecified atom stereocenters. The largest absolute Gasteiger partial charge is 0.409 e. The first kappa shape index (κ1) is 15.8. The number of nitrogens with one attached hydrogen (secondary N) is 1. The van der Waals surface area contributed by atoms with Crippen LogP contribution in [0.25, 0.3) is 0 Å². The lowest BCUT2D eigenvalue weighted by Gasteiger charge is -2.24. The quantitative estimate of drug-likeness (QED) is 0.308. The van der Waals surface area contributed by atoms with E-state index < -0.39 is 0 Å². The third-order valence-corrected chi connectivity index (χ3v) is 4.08. The summed E-state index contributed by atoms with van der Waals surface area (Å²) in [4.78, 5) is 2.48. The van der Waals surface area contributed by atoms with Gasteiger partial charge in [-0.05, 0) is 38.4 Å². The summed E-state index contributed by atoms with van der Waals surface area (Å²) in [5.74, 6) is 0.152. The van der Waals surface area contributed by atoms with Gasteiger partial charge in [-0.15, -0.1) is 0 Å². The molecule has 1 saturated heterocycles. The molecular weight excluding hydrogens is 264 g/mol. The Morgan fingerprint density at radius 3 is 2.62 bits per heavy atom. The van der Waals surface area contributed by atoms with Crippen molar-refractivity contribution in [3.63, 3.8) is 0 Å². The molecule has 21 heavy (non-hydrogen) atoms. The van der Waals surface area contributed by atoms with Crippen molar-refractivity contribution >= 4 is 5.84 Å². The normalized spacial score (nSPS) is 19.6. The number of oxime groups is 1. The highest BCUT2D eigenvalue weighted by atomic mass is 16.4. The number of hydrogen-bond donors (Lipinski definition) is 3. The Labute approximate surface area is 126 Å². The van der Waals surface area contributed by atoms with Gasteiger partial charge in [-0.2, -0.15) is 0 Å². The molecule has 2 rings (SSSR count). The molecule has 1 aliphatic rings. The van der Waals surface area contributed by atoms with Crippen LogP contribution in [0.1, 0.15) is 31.2 Å². The number of hydrogen-bond acceptors (Lipinski definition) is 4. The maximum Gasteiger partial charge on any atom is 0.147 e. The SMILES string of the molecule is CC(CN1CCCC1)NCC(C(N)=NO)c1ccccc1. The van der Waals surface area contributed by atoms with Gasteiger partial charge in [0.1, 0.15) is 5.84 Å². The first-order valence-electron chi connectivity index (χ1n) is 7.69. The fourth-order valence-corrected chi connectivity index (χ4v) is 2.88. The van der Waals surface area contributed by atoms with Crippen LogP contribution in [0.5, 0.6) is 0 Å². The van der Waals surface area contributed by atoms with Gasteiger partial charge in [0.15, 0.2) is 0 Å². The Kier molecular flexibility index (Phi) is 6.02. The smallest absolute Gasteiger partial charge is 0.147 e. The van der Waals surface area contributed by atoms with Crippen molar-refractivity contribution in [3.8, 4) is 0 Å². The molecule has 0 aromatic heterocycles. The van der Waals surface area contributed by atoms with E-state index in [4.69, 9.17) is 10.9 Å². The zero-order valence-electron chi connectivity index (χ0n) is 12.7. The number of amidine groups is 1. The fourth-order valence-electron chi connectivity index (χ4n) is 2.88. The Bertz CT molecular complexity index is 443. The van der Waals surface area contributed by atoms with Crippen molar-refractivity contribution in [2.24, 2.45) is 10.9 Å². The molecule has 0 bridgehead atoms. The van der Waals surface area contributed by atoms with Crippen LogP contribution in [-0.2, 0) is 0 Å². The molecule has 0 radical (unpaired) electrons. The molecular formula is C16H26N4O. The number of benzene rings is 1. The van der Waals surface area contributed by atoms with E-state index in [1.807, 2.05) is 30.3 Å². The number of likely N-dealkylation sites (tertiary alicyclic amines) is 1. The summed E-state index contributed by atoms with van der Waals surface area (Å²) in [5.41, 5.74) is 6.91. The van der Waals surface area contributed by atoms with E-state index in [0.717, 1.165) is 12.1 Å². The van der Waals surface area contributed by atoms with Gasteiger partial charge in [-0.1, -0.05) is 35.5 Å². The monoisotopic (exact) mass is 290 g/mol. The fraction of sp³-hybridized carbons (Fsp3) is 0.562. The van der Waals surface area contributed by atoms with Gasteiger partial charge in [-0.25, -0.2) is 0 Å². The van der Waals surface area contributed by atoms with E-state index in [1.54, 1.807) is 0 Å². The van der Waals surface area contributed by atoms with Gasteiger partial charge in [0.2, 0.25) is 0 Å². The summed E-state index contributed by atoms with van der Waals surface area (Å²) in [6.07, 6.45) is 2.62. The van der Waals surface area contributed by atoms with Gasteiger partial charge >= 0.3 is 0 Å². The lowest BCUT2D eigenvalue weighted by molar-refractivity contribution is 0.297. The van der Waals surface area contributed by atoms with Crippen molar-refractivity contribution in [3.05, 3.63) is 35.9 Å². The van der Waals surface area contributed by atoms with Crippen LogP contribution in [0.2, 0.25) is 0 Å². The lowest BCUT2D eigenvalue weighted by atomic mass is 9.97. The minimum absolute atomic E-state index is 0.0998. The maximum atomic E-state index is 8.99. The number of nitrogens with zero attached hydrogens (tertiary/aromatic N) is 2. The van der Waals surface area contributed by atoms with Gasteiger partial charge in [-0.3, -0.25) is 0 Å². The van der Waals surface area contributed by atoms with Crippen molar-refractivity contribution < 1.29 is 5.21 Å². The Morgan fingerprint density at radius 1 is 1.33 bits per heavy atom. The van der Waals surface area contributed by atoms with Crippen molar-refractivity contribution in [1.29, 1.82) is 0 Å². The molecule has 5 heteroatoms. The zero-order chi connectivity index (χ0) is 15.1. The Balaban J connectivity index is 1.90. The first-order valence-corrected chi connectivity index (χ1v) is 7.69. The van der Waals surface area contributed by atoms with Gasteiger partial charge in [0, 0.05) is 19.1 Å². The summed E-state index contributed by atoms with van der Waals surface area (Å²) in [6.45, 7) is 6.32.